The monoisotopic (exact) mass is 294 g/mol. The van der Waals surface area contributed by atoms with Gasteiger partial charge < -0.3 is 5.73 Å². The third-order valence-corrected chi connectivity index (χ3v) is 4.83. The molecule has 108 valence electrons. The fourth-order valence-electron chi connectivity index (χ4n) is 1.97. The Bertz CT molecular complexity index is 693. The van der Waals surface area contributed by atoms with Crippen molar-refractivity contribution in [3.63, 3.8) is 0 Å². The number of nitrogens with zero attached hydrogens (tertiary/aromatic N) is 2. The number of benzene rings is 1. The molecule has 0 saturated carbocycles. The van der Waals surface area contributed by atoms with Crippen molar-refractivity contribution in [1.29, 1.82) is 0 Å². The van der Waals surface area contributed by atoms with Crippen molar-refractivity contribution in [3.8, 4) is 0 Å². The molecule has 2 aromatic rings. The molecule has 0 aliphatic carbocycles. The summed E-state index contributed by atoms with van der Waals surface area (Å²) >= 11 is 0. The topological polar surface area (TPSA) is 90.0 Å². The molecule has 0 amide bonds. The van der Waals surface area contributed by atoms with Crippen molar-refractivity contribution < 1.29 is 8.42 Å². The Balaban J connectivity index is 2.16. The molecule has 1 heterocycles. The van der Waals surface area contributed by atoms with Crippen LogP contribution >= 0.6 is 0 Å². The minimum absolute atomic E-state index is 0.165. The number of hydrogen-bond acceptors (Lipinski definition) is 4. The van der Waals surface area contributed by atoms with Gasteiger partial charge in [-0.1, -0.05) is 6.07 Å². The smallest absolute Gasteiger partial charge is 0.242 e. The van der Waals surface area contributed by atoms with Crippen LogP contribution in [0.15, 0.2) is 35.5 Å². The predicted molar refractivity (Wildman–Crippen MR) is 77.7 cm³/mol. The number of nitrogens with two attached hydrogens (primary N) is 1. The van der Waals surface area contributed by atoms with Gasteiger partial charge in [0.15, 0.2) is 0 Å². The van der Waals surface area contributed by atoms with E-state index in [9.17, 15) is 8.42 Å². The molecule has 0 bridgehead atoms. The van der Waals surface area contributed by atoms with Crippen molar-refractivity contribution in [3.05, 3.63) is 41.7 Å². The first-order chi connectivity index (χ1) is 9.42. The van der Waals surface area contributed by atoms with E-state index in [1.807, 2.05) is 13.0 Å². The lowest BCUT2D eigenvalue weighted by Crippen LogP contribution is -2.29. The summed E-state index contributed by atoms with van der Waals surface area (Å²) in [6, 6.07) is 5.22. The molecule has 0 atom stereocenters. The quantitative estimate of drug-likeness (QED) is 0.807. The van der Waals surface area contributed by atoms with Crippen LogP contribution in [0, 0.1) is 13.8 Å². The molecule has 2 rings (SSSR count). The minimum Gasteiger partial charge on any atom is -0.398 e. The summed E-state index contributed by atoms with van der Waals surface area (Å²) in [6.07, 6.45) is 3.43. The van der Waals surface area contributed by atoms with Gasteiger partial charge in [0.2, 0.25) is 10.0 Å². The van der Waals surface area contributed by atoms with Crippen molar-refractivity contribution in [2.75, 3.05) is 12.3 Å². The average molecular weight is 294 g/mol. The molecule has 0 radical (unpaired) electrons. The molecule has 3 N–H and O–H groups in total. The summed E-state index contributed by atoms with van der Waals surface area (Å²) in [5, 5.41) is 4.01. The van der Waals surface area contributed by atoms with Gasteiger partial charge in [-0.15, -0.1) is 0 Å². The Hall–Kier alpha value is -1.86. The highest BCUT2D eigenvalue weighted by Crippen LogP contribution is 2.24. The Morgan fingerprint density at radius 1 is 1.35 bits per heavy atom. The Morgan fingerprint density at radius 3 is 2.75 bits per heavy atom. The maximum atomic E-state index is 12.3. The fraction of sp³-hybridized carbons (Fsp3) is 0.308. The van der Waals surface area contributed by atoms with E-state index in [2.05, 4.69) is 9.82 Å². The van der Waals surface area contributed by atoms with Gasteiger partial charge in [0.1, 0.15) is 4.90 Å². The van der Waals surface area contributed by atoms with E-state index in [1.54, 1.807) is 36.1 Å². The lowest BCUT2D eigenvalue weighted by Gasteiger charge is -2.13. The van der Waals surface area contributed by atoms with Crippen molar-refractivity contribution in [1.82, 2.24) is 14.5 Å². The molecule has 6 nitrogen and oxygen atoms in total. The number of aromatic nitrogens is 2. The fourth-order valence-corrected chi connectivity index (χ4v) is 3.41. The molecule has 0 spiro atoms. The van der Waals surface area contributed by atoms with Crippen LogP contribution in [0.3, 0.4) is 0 Å². The second-order valence-electron chi connectivity index (χ2n) is 4.59. The molecule has 0 fully saturated rings. The van der Waals surface area contributed by atoms with Crippen LogP contribution in [0.2, 0.25) is 0 Å². The first-order valence-corrected chi connectivity index (χ1v) is 7.73. The molecular weight excluding hydrogens is 276 g/mol. The summed E-state index contributed by atoms with van der Waals surface area (Å²) in [5.41, 5.74) is 7.64. The lowest BCUT2D eigenvalue weighted by atomic mass is 10.1. The van der Waals surface area contributed by atoms with Crippen LogP contribution in [-0.2, 0) is 16.6 Å². The summed E-state index contributed by atoms with van der Waals surface area (Å²) in [7, 11) is -3.61. The zero-order valence-electron chi connectivity index (χ0n) is 11.5. The van der Waals surface area contributed by atoms with Gasteiger partial charge in [0, 0.05) is 18.9 Å². The third kappa shape index (κ3) is 3.00. The number of rotatable bonds is 5. The molecule has 0 aliphatic rings. The number of nitrogen functional groups attached to an aromatic ring is 1. The molecule has 0 unspecified atom stereocenters. The maximum absolute atomic E-state index is 12.3. The van der Waals surface area contributed by atoms with Crippen molar-refractivity contribution >= 4 is 15.7 Å². The highest BCUT2D eigenvalue weighted by atomic mass is 32.2. The molecule has 0 aliphatic heterocycles. The second-order valence-corrected chi connectivity index (χ2v) is 6.30. The van der Waals surface area contributed by atoms with Crippen LogP contribution in [0.25, 0.3) is 0 Å². The molecule has 0 saturated heterocycles. The normalized spacial score (nSPS) is 11.7. The van der Waals surface area contributed by atoms with Gasteiger partial charge in [0.25, 0.3) is 0 Å². The highest BCUT2D eigenvalue weighted by molar-refractivity contribution is 7.89. The van der Waals surface area contributed by atoms with E-state index in [4.69, 9.17) is 5.73 Å². The molecule has 1 aromatic carbocycles. The number of hydrogen-bond donors (Lipinski definition) is 2. The van der Waals surface area contributed by atoms with Gasteiger partial charge in [-0.25, -0.2) is 13.1 Å². The first-order valence-electron chi connectivity index (χ1n) is 6.24. The van der Waals surface area contributed by atoms with E-state index in [-0.39, 0.29) is 17.1 Å². The Morgan fingerprint density at radius 2 is 2.10 bits per heavy atom. The standard InChI is InChI=1S/C13H18N4O2S/c1-10-4-5-12(14)13(11(10)2)20(18,19)16-7-9-17-8-3-6-15-17/h3-6,8,16H,7,9,14H2,1-2H3. The number of aryl methyl sites for hydroxylation is 1. The van der Waals surface area contributed by atoms with Crippen molar-refractivity contribution in [2.45, 2.75) is 25.3 Å². The maximum Gasteiger partial charge on any atom is 0.242 e. The average Bonchev–Trinajstić information content (AvgIpc) is 2.87. The number of nitrogens with one attached hydrogen (secondary N) is 1. The van der Waals surface area contributed by atoms with E-state index < -0.39 is 10.0 Å². The molecular formula is C13H18N4O2S. The molecule has 1 aromatic heterocycles. The van der Waals surface area contributed by atoms with Crippen LogP contribution in [0.4, 0.5) is 5.69 Å². The SMILES string of the molecule is Cc1ccc(N)c(S(=O)(=O)NCCn2cccn2)c1C. The van der Waals surface area contributed by atoms with Gasteiger partial charge in [-0.3, -0.25) is 4.68 Å². The van der Waals surface area contributed by atoms with E-state index in [0.29, 0.717) is 12.1 Å². The van der Waals surface area contributed by atoms with Gasteiger partial charge >= 0.3 is 0 Å². The zero-order valence-corrected chi connectivity index (χ0v) is 12.3. The summed E-state index contributed by atoms with van der Waals surface area (Å²) in [5.74, 6) is 0. The van der Waals surface area contributed by atoms with Crippen LogP contribution in [0.5, 0.6) is 0 Å². The third-order valence-electron chi connectivity index (χ3n) is 3.17. The number of sulfonamides is 1. The van der Waals surface area contributed by atoms with Crippen molar-refractivity contribution in [2.24, 2.45) is 0 Å². The summed E-state index contributed by atoms with van der Waals surface area (Å²) in [4.78, 5) is 0.165. The van der Waals surface area contributed by atoms with Crippen LogP contribution < -0.4 is 10.5 Å². The van der Waals surface area contributed by atoms with E-state index >= 15 is 0 Å². The molecule has 20 heavy (non-hydrogen) atoms. The lowest BCUT2D eigenvalue weighted by molar-refractivity contribution is 0.560. The van der Waals surface area contributed by atoms with Gasteiger partial charge in [0.05, 0.1) is 12.2 Å². The molecule has 7 heteroatoms. The van der Waals surface area contributed by atoms with Gasteiger partial charge in [-0.2, -0.15) is 5.10 Å². The van der Waals surface area contributed by atoms with Crippen LogP contribution in [0.1, 0.15) is 11.1 Å². The second kappa shape index (κ2) is 5.64. The first kappa shape index (κ1) is 14.5. The zero-order chi connectivity index (χ0) is 14.8. The summed E-state index contributed by atoms with van der Waals surface area (Å²) < 4.78 is 28.9. The Kier molecular flexibility index (Phi) is 4.10. The van der Waals surface area contributed by atoms with E-state index in [0.717, 1.165) is 5.56 Å². The largest absolute Gasteiger partial charge is 0.398 e. The van der Waals surface area contributed by atoms with Gasteiger partial charge in [-0.05, 0) is 37.1 Å². The van der Waals surface area contributed by atoms with Crippen LogP contribution in [-0.4, -0.2) is 24.7 Å². The number of anilines is 1. The predicted octanol–water partition coefficient (Wildman–Crippen LogP) is 1.06. The minimum atomic E-state index is -3.61. The van der Waals surface area contributed by atoms with E-state index in [1.165, 1.54) is 0 Å². The Labute approximate surface area is 118 Å². The highest BCUT2D eigenvalue weighted by Gasteiger charge is 2.20. The summed E-state index contributed by atoms with van der Waals surface area (Å²) in [6.45, 7) is 4.35.